The molecule has 4 heteroatoms. The second-order valence-electron chi connectivity index (χ2n) is 3.56. The van der Waals surface area contributed by atoms with Gasteiger partial charge in [-0.1, -0.05) is 12.1 Å². The van der Waals surface area contributed by atoms with E-state index in [-0.39, 0.29) is 18.4 Å². The van der Waals surface area contributed by atoms with E-state index in [0.717, 1.165) is 16.5 Å². The first-order valence-corrected chi connectivity index (χ1v) is 4.78. The van der Waals surface area contributed by atoms with Gasteiger partial charge in [0.2, 0.25) is 5.91 Å². The van der Waals surface area contributed by atoms with Crippen LogP contribution in [0.1, 0.15) is 18.0 Å². The van der Waals surface area contributed by atoms with E-state index in [1.165, 1.54) is 0 Å². The van der Waals surface area contributed by atoms with Gasteiger partial charge in [-0.15, -0.1) is 0 Å². The third-order valence-electron chi connectivity index (χ3n) is 2.45. The Labute approximate surface area is 87.3 Å². The number of benzene rings is 1. The monoisotopic (exact) mass is 203 g/mol. The maximum absolute atomic E-state index is 10.8. The molecule has 4 nitrogen and oxygen atoms in total. The predicted molar refractivity (Wildman–Crippen MR) is 59.0 cm³/mol. The van der Waals surface area contributed by atoms with Crippen molar-refractivity contribution in [3.05, 3.63) is 36.0 Å². The Hall–Kier alpha value is -1.81. The minimum atomic E-state index is -0.380. The molecule has 2 aromatic rings. The van der Waals surface area contributed by atoms with Crippen molar-refractivity contribution in [1.29, 1.82) is 0 Å². The highest BCUT2D eigenvalue weighted by molar-refractivity contribution is 5.84. The number of aromatic amines is 1. The van der Waals surface area contributed by atoms with Crippen LogP contribution in [-0.2, 0) is 4.79 Å². The van der Waals surface area contributed by atoms with Crippen molar-refractivity contribution in [3.63, 3.8) is 0 Å². The van der Waals surface area contributed by atoms with Crippen LogP contribution >= 0.6 is 0 Å². The molecular weight excluding hydrogens is 190 g/mol. The van der Waals surface area contributed by atoms with Crippen molar-refractivity contribution in [1.82, 2.24) is 4.98 Å². The fourth-order valence-electron chi connectivity index (χ4n) is 1.76. The van der Waals surface area contributed by atoms with Crippen LogP contribution in [0.15, 0.2) is 30.5 Å². The number of hydrogen-bond donors (Lipinski definition) is 3. The zero-order valence-corrected chi connectivity index (χ0v) is 8.23. The summed E-state index contributed by atoms with van der Waals surface area (Å²) in [5, 5.41) is 1.05. The number of fused-ring (bicyclic) bond motifs is 1. The summed E-state index contributed by atoms with van der Waals surface area (Å²) in [4.78, 5) is 13.9. The van der Waals surface area contributed by atoms with Crippen LogP contribution < -0.4 is 11.5 Å². The molecule has 0 aliphatic heterocycles. The van der Waals surface area contributed by atoms with E-state index in [4.69, 9.17) is 11.5 Å². The van der Waals surface area contributed by atoms with E-state index in [9.17, 15) is 4.79 Å². The topological polar surface area (TPSA) is 84.9 Å². The molecule has 1 aromatic carbocycles. The van der Waals surface area contributed by atoms with Crippen LogP contribution in [0.5, 0.6) is 0 Å². The molecule has 0 bridgehead atoms. The number of carbonyl (C=O) groups excluding carboxylic acids is 1. The highest BCUT2D eigenvalue weighted by Crippen LogP contribution is 2.23. The van der Waals surface area contributed by atoms with E-state index in [1.807, 2.05) is 30.5 Å². The summed E-state index contributed by atoms with van der Waals surface area (Å²) >= 11 is 0. The number of nitrogens with two attached hydrogens (primary N) is 2. The van der Waals surface area contributed by atoms with Gasteiger partial charge in [0.25, 0.3) is 0 Å². The van der Waals surface area contributed by atoms with E-state index in [0.29, 0.717) is 0 Å². The van der Waals surface area contributed by atoms with E-state index in [1.54, 1.807) is 0 Å². The van der Waals surface area contributed by atoms with Gasteiger partial charge in [-0.25, -0.2) is 0 Å². The van der Waals surface area contributed by atoms with Gasteiger partial charge in [0.1, 0.15) is 0 Å². The number of carbonyl (C=O) groups is 1. The molecule has 0 radical (unpaired) electrons. The van der Waals surface area contributed by atoms with Gasteiger partial charge in [0.15, 0.2) is 0 Å². The normalized spacial score (nSPS) is 12.9. The average Bonchev–Trinajstić information content (AvgIpc) is 2.63. The quantitative estimate of drug-likeness (QED) is 0.696. The molecule has 1 atom stereocenters. The number of H-pyrrole nitrogens is 1. The molecule has 0 saturated heterocycles. The van der Waals surface area contributed by atoms with Crippen molar-refractivity contribution in [2.75, 3.05) is 0 Å². The molecule has 0 aliphatic carbocycles. The minimum absolute atomic E-state index is 0.171. The largest absolute Gasteiger partial charge is 0.370 e. The summed E-state index contributed by atoms with van der Waals surface area (Å²) in [6.07, 6.45) is 2.02. The molecule has 1 heterocycles. The molecular formula is C11H13N3O. The first-order chi connectivity index (χ1) is 7.18. The van der Waals surface area contributed by atoms with Gasteiger partial charge in [0, 0.05) is 29.6 Å². The third kappa shape index (κ3) is 1.85. The number of rotatable bonds is 3. The summed E-state index contributed by atoms with van der Waals surface area (Å²) in [6.45, 7) is 0. The maximum Gasteiger partial charge on any atom is 0.219 e. The Morgan fingerprint density at radius 2 is 2.20 bits per heavy atom. The van der Waals surface area contributed by atoms with Crippen molar-refractivity contribution < 1.29 is 4.79 Å². The predicted octanol–water partition coefficient (Wildman–Crippen LogP) is 1.04. The van der Waals surface area contributed by atoms with Gasteiger partial charge in [0.05, 0.1) is 0 Å². The van der Waals surface area contributed by atoms with E-state index in [2.05, 4.69) is 4.98 Å². The Morgan fingerprint density at radius 1 is 1.40 bits per heavy atom. The summed E-state index contributed by atoms with van der Waals surface area (Å²) in [7, 11) is 0. The molecule has 0 unspecified atom stereocenters. The Kier molecular flexibility index (Phi) is 2.43. The number of amides is 1. The van der Waals surface area contributed by atoms with Crippen LogP contribution in [-0.4, -0.2) is 10.9 Å². The Morgan fingerprint density at radius 3 is 2.93 bits per heavy atom. The second-order valence-corrected chi connectivity index (χ2v) is 3.56. The van der Waals surface area contributed by atoms with Crippen molar-refractivity contribution in [3.8, 4) is 0 Å². The van der Waals surface area contributed by atoms with E-state index >= 15 is 0 Å². The molecule has 0 saturated carbocycles. The lowest BCUT2D eigenvalue weighted by Gasteiger charge is -2.10. The molecule has 78 valence electrons. The average molecular weight is 203 g/mol. The van der Waals surface area contributed by atoms with Crippen molar-refractivity contribution in [2.45, 2.75) is 12.5 Å². The molecule has 2 rings (SSSR count). The van der Waals surface area contributed by atoms with Crippen LogP contribution in [0, 0.1) is 0 Å². The standard InChI is InChI=1S/C11H13N3O/c12-9(6-11(13)15)7-2-1-3-10-8(7)4-5-14-10/h1-5,9,14H,6,12H2,(H2,13,15)/t9-/m0/s1. The minimum Gasteiger partial charge on any atom is -0.370 e. The number of hydrogen-bond acceptors (Lipinski definition) is 2. The zero-order chi connectivity index (χ0) is 10.8. The molecule has 0 fully saturated rings. The fourth-order valence-corrected chi connectivity index (χ4v) is 1.76. The van der Waals surface area contributed by atoms with Crippen molar-refractivity contribution >= 4 is 16.8 Å². The summed E-state index contributed by atoms with van der Waals surface area (Å²) in [5.41, 5.74) is 13.0. The SMILES string of the molecule is NC(=O)C[C@H](N)c1cccc2[nH]ccc12. The summed E-state index contributed by atoms with van der Waals surface area (Å²) in [6, 6.07) is 7.42. The molecule has 5 N–H and O–H groups in total. The molecule has 0 aliphatic rings. The lowest BCUT2D eigenvalue weighted by Crippen LogP contribution is -2.20. The first-order valence-electron chi connectivity index (χ1n) is 4.78. The van der Waals surface area contributed by atoms with Gasteiger partial charge in [-0.05, 0) is 17.7 Å². The van der Waals surface area contributed by atoms with Crippen molar-refractivity contribution in [2.24, 2.45) is 11.5 Å². The maximum atomic E-state index is 10.8. The van der Waals surface area contributed by atoms with Gasteiger partial charge in [-0.3, -0.25) is 4.79 Å². The van der Waals surface area contributed by atoms with Gasteiger partial charge >= 0.3 is 0 Å². The van der Waals surface area contributed by atoms with Crippen LogP contribution in [0.25, 0.3) is 10.9 Å². The first kappa shape index (κ1) is 9.73. The second kappa shape index (κ2) is 3.74. The summed E-state index contributed by atoms with van der Waals surface area (Å²) < 4.78 is 0. The highest BCUT2D eigenvalue weighted by atomic mass is 16.1. The van der Waals surface area contributed by atoms with E-state index < -0.39 is 0 Å². The lowest BCUT2D eigenvalue weighted by molar-refractivity contribution is -0.118. The fraction of sp³-hybridized carbons (Fsp3) is 0.182. The van der Waals surface area contributed by atoms with Crippen LogP contribution in [0.3, 0.4) is 0 Å². The Balaban J connectivity index is 2.42. The third-order valence-corrected chi connectivity index (χ3v) is 2.45. The molecule has 1 amide bonds. The summed E-state index contributed by atoms with van der Waals surface area (Å²) in [5.74, 6) is -0.380. The smallest absolute Gasteiger partial charge is 0.219 e. The molecule has 1 aromatic heterocycles. The molecule has 0 spiro atoms. The van der Waals surface area contributed by atoms with Gasteiger partial charge < -0.3 is 16.5 Å². The Bertz CT molecular complexity index is 489. The lowest BCUT2D eigenvalue weighted by atomic mass is 10.0. The number of nitrogens with one attached hydrogen (secondary N) is 1. The number of aromatic nitrogens is 1. The van der Waals surface area contributed by atoms with Crippen LogP contribution in [0.4, 0.5) is 0 Å². The van der Waals surface area contributed by atoms with Gasteiger partial charge in [-0.2, -0.15) is 0 Å². The zero-order valence-electron chi connectivity index (χ0n) is 8.23. The molecule has 15 heavy (non-hydrogen) atoms. The number of primary amides is 1. The highest BCUT2D eigenvalue weighted by Gasteiger charge is 2.12. The van der Waals surface area contributed by atoms with Crippen LogP contribution in [0.2, 0.25) is 0 Å².